The van der Waals surface area contributed by atoms with Gasteiger partial charge >= 0.3 is 0 Å². The number of carbonyl (C=O) groups is 1. The quantitative estimate of drug-likeness (QED) is 0.647. The molecule has 106 valence electrons. The second kappa shape index (κ2) is 6.17. The number of Topliss-reactive ketones (excluding diaryl/α,β-unsaturated/α-hetero) is 1. The van der Waals surface area contributed by atoms with Gasteiger partial charge in [0.15, 0.2) is 11.5 Å². The maximum Gasteiger partial charge on any atom is 0.202 e. The number of furan rings is 1. The van der Waals surface area contributed by atoms with Crippen molar-refractivity contribution in [3.05, 3.63) is 60.2 Å². The third kappa shape index (κ3) is 3.25. The zero-order valence-electron chi connectivity index (χ0n) is 11.4. The molecule has 0 amide bonds. The van der Waals surface area contributed by atoms with Crippen molar-refractivity contribution in [1.82, 2.24) is 10.1 Å². The lowest BCUT2D eigenvalue weighted by Gasteiger charge is -1.98. The summed E-state index contributed by atoms with van der Waals surface area (Å²) < 4.78 is 10.3. The number of pyridine rings is 1. The minimum Gasteiger partial charge on any atom is -0.461 e. The minimum absolute atomic E-state index is 0.0347. The molecule has 0 spiro atoms. The number of ketones is 1. The Labute approximate surface area is 121 Å². The molecule has 5 nitrogen and oxygen atoms in total. The molecular formula is C16H14N2O3. The largest absolute Gasteiger partial charge is 0.461 e. The van der Waals surface area contributed by atoms with Crippen LogP contribution in [0.25, 0.3) is 11.5 Å². The second-order valence-electron chi connectivity index (χ2n) is 4.65. The maximum atomic E-state index is 12.0. The van der Waals surface area contributed by atoms with Gasteiger partial charge in [-0.1, -0.05) is 11.2 Å². The van der Waals surface area contributed by atoms with Gasteiger partial charge in [0.25, 0.3) is 0 Å². The van der Waals surface area contributed by atoms with Crippen molar-refractivity contribution in [1.29, 1.82) is 0 Å². The van der Waals surface area contributed by atoms with Crippen LogP contribution >= 0.6 is 0 Å². The van der Waals surface area contributed by atoms with Crippen LogP contribution in [0.15, 0.2) is 57.8 Å². The molecule has 0 atom stereocenters. The van der Waals surface area contributed by atoms with Crippen molar-refractivity contribution in [3.8, 4) is 11.5 Å². The summed E-state index contributed by atoms with van der Waals surface area (Å²) in [5.41, 5.74) is 1.32. The van der Waals surface area contributed by atoms with E-state index in [1.807, 2.05) is 18.2 Å². The van der Waals surface area contributed by atoms with Gasteiger partial charge in [-0.25, -0.2) is 0 Å². The summed E-state index contributed by atoms with van der Waals surface area (Å²) >= 11 is 0. The minimum atomic E-state index is -0.0347. The van der Waals surface area contributed by atoms with E-state index >= 15 is 0 Å². The number of hydrogen-bond donors (Lipinski definition) is 0. The van der Waals surface area contributed by atoms with Crippen LogP contribution in [0.2, 0.25) is 0 Å². The molecule has 3 heterocycles. The molecule has 0 aliphatic heterocycles. The summed E-state index contributed by atoms with van der Waals surface area (Å²) in [5.74, 6) is 0.996. The van der Waals surface area contributed by atoms with Gasteiger partial charge in [0.2, 0.25) is 5.76 Å². The van der Waals surface area contributed by atoms with E-state index in [1.54, 1.807) is 30.7 Å². The van der Waals surface area contributed by atoms with Crippen molar-refractivity contribution < 1.29 is 13.7 Å². The van der Waals surface area contributed by atoms with Crippen molar-refractivity contribution in [2.75, 3.05) is 0 Å². The van der Waals surface area contributed by atoms with Crippen molar-refractivity contribution in [2.24, 2.45) is 0 Å². The molecule has 0 bridgehead atoms. The van der Waals surface area contributed by atoms with Gasteiger partial charge in [-0.15, -0.1) is 0 Å². The normalized spacial score (nSPS) is 10.7. The van der Waals surface area contributed by atoms with Crippen LogP contribution in [-0.4, -0.2) is 15.9 Å². The molecule has 0 radical (unpaired) electrons. The molecule has 0 saturated heterocycles. The number of nitrogens with zero attached hydrogens (tertiary/aromatic N) is 2. The third-order valence-corrected chi connectivity index (χ3v) is 3.12. The van der Waals surface area contributed by atoms with Crippen molar-refractivity contribution in [2.45, 2.75) is 19.3 Å². The fourth-order valence-corrected chi connectivity index (χ4v) is 2.05. The highest BCUT2D eigenvalue weighted by Crippen LogP contribution is 2.21. The van der Waals surface area contributed by atoms with E-state index in [-0.39, 0.29) is 5.78 Å². The lowest BCUT2D eigenvalue weighted by Crippen LogP contribution is -2.00. The molecule has 0 aromatic carbocycles. The zero-order valence-corrected chi connectivity index (χ0v) is 11.4. The Hall–Kier alpha value is -2.69. The topological polar surface area (TPSA) is 69.1 Å². The molecular weight excluding hydrogens is 268 g/mol. The standard InChI is InChI=1S/C16H14N2O3/c19-14(7-3-6-12-5-1-2-9-17-12)13-11-16(21-18-13)15-8-4-10-20-15/h1-2,4-5,8-11H,3,6-7H2. The Morgan fingerprint density at radius 1 is 1.14 bits per heavy atom. The van der Waals surface area contributed by atoms with Crippen LogP contribution in [0.5, 0.6) is 0 Å². The van der Waals surface area contributed by atoms with Crippen molar-refractivity contribution >= 4 is 5.78 Å². The Morgan fingerprint density at radius 3 is 2.86 bits per heavy atom. The van der Waals surface area contributed by atoms with Crippen LogP contribution in [0.1, 0.15) is 29.0 Å². The fraction of sp³-hybridized carbons (Fsp3) is 0.188. The predicted molar refractivity (Wildman–Crippen MR) is 75.7 cm³/mol. The third-order valence-electron chi connectivity index (χ3n) is 3.12. The molecule has 0 saturated carbocycles. The molecule has 3 aromatic rings. The maximum absolute atomic E-state index is 12.0. The number of rotatable bonds is 6. The van der Waals surface area contributed by atoms with E-state index in [1.165, 1.54) is 0 Å². The van der Waals surface area contributed by atoms with Crippen LogP contribution in [0, 0.1) is 0 Å². The highest BCUT2D eigenvalue weighted by atomic mass is 16.5. The Morgan fingerprint density at radius 2 is 2.10 bits per heavy atom. The summed E-state index contributed by atoms with van der Waals surface area (Å²) in [4.78, 5) is 16.3. The summed E-state index contributed by atoms with van der Waals surface area (Å²) in [6, 6.07) is 10.9. The van der Waals surface area contributed by atoms with Crippen LogP contribution < -0.4 is 0 Å². The lowest BCUT2D eigenvalue weighted by atomic mass is 10.1. The van der Waals surface area contributed by atoms with Crippen molar-refractivity contribution in [3.63, 3.8) is 0 Å². The molecule has 0 N–H and O–H groups in total. The van der Waals surface area contributed by atoms with Gasteiger partial charge in [-0.3, -0.25) is 9.78 Å². The summed E-state index contributed by atoms with van der Waals surface area (Å²) in [5, 5.41) is 3.80. The van der Waals surface area contributed by atoms with E-state index in [9.17, 15) is 4.79 Å². The van der Waals surface area contributed by atoms with Gasteiger partial charge in [0.05, 0.1) is 6.26 Å². The molecule has 0 aliphatic carbocycles. The smallest absolute Gasteiger partial charge is 0.202 e. The van der Waals surface area contributed by atoms with E-state index in [0.717, 1.165) is 18.5 Å². The highest BCUT2D eigenvalue weighted by Gasteiger charge is 2.14. The summed E-state index contributed by atoms with van der Waals surface area (Å²) in [7, 11) is 0. The van der Waals surface area contributed by atoms with Gasteiger partial charge in [0, 0.05) is 24.4 Å². The Bertz CT molecular complexity index is 702. The summed E-state index contributed by atoms with van der Waals surface area (Å²) in [6.45, 7) is 0. The average Bonchev–Trinajstić information content (AvgIpc) is 3.19. The van der Waals surface area contributed by atoms with Gasteiger partial charge in [-0.05, 0) is 37.1 Å². The first-order valence-electron chi connectivity index (χ1n) is 6.76. The first-order chi connectivity index (χ1) is 10.3. The highest BCUT2D eigenvalue weighted by molar-refractivity contribution is 5.94. The average molecular weight is 282 g/mol. The zero-order chi connectivity index (χ0) is 14.5. The SMILES string of the molecule is O=C(CCCc1ccccn1)c1cc(-c2ccco2)on1. The van der Waals surface area contributed by atoms with E-state index < -0.39 is 0 Å². The molecule has 0 fully saturated rings. The van der Waals surface area contributed by atoms with Gasteiger partial charge < -0.3 is 8.94 Å². The summed E-state index contributed by atoms with van der Waals surface area (Å²) in [6.07, 6.45) is 5.23. The molecule has 5 heteroatoms. The Balaban J connectivity index is 1.56. The molecule has 0 aliphatic rings. The molecule has 3 aromatic heterocycles. The van der Waals surface area contributed by atoms with Crippen LogP contribution in [0.4, 0.5) is 0 Å². The second-order valence-corrected chi connectivity index (χ2v) is 4.65. The lowest BCUT2D eigenvalue weighted by molar-refractivity contribution is 0.0971. The number of hydrogen-bond acceptors (Lipinski definition) is 5. The molecule has 0 unspecified atom stereocenters. The van der Waals surface area contributed by atoms with Gasteiger partial charge in [0.1, 0.15) is 5.69 Å². The van der Waals surface area contributed by atoms with E-state index in [4.69, 9.17) is 8.94 Å². The predicted octanol–water partition coefficient (Wildman–Crippen LogP) is 3.54. The molecule has 21 heavy (non-hydrogen) atoms. The number of aryl methyl sites for hydroxylation is 1. The van der Waals surface area contributed by atoms with Crippen LogP contribution in [0.3, 0.4) is 0 Å². The van der Waals surface area contributed by atoms with Crippen LogP contribution in [-0.2, 0) is 6.42 Å². The number of aromatic nitrogens is 2. The first kappa shape index (κ1) is 13.3. The monoisotopic (exact) mass is 282 g/mol. The fourth-order valence-electron chi connectivity index (χ4n) is 2.05. The van der Waals surface area contributed by atoms with Gasteiger partial charge in [-0.2, -0.15) is 0 Å². The van der Waals surface area contributed by atoms with E-state index in [2.05, 4.69) is 10.1 Å². The molecule has 3 rings (SSSR count). The first-order valence-corrected chi connectivity index (χ1v) is 6.76. The Kier molecular flexibility index (Phi) is 3.91. The number of carbonyl (C=O) groups excluding carboxylic acids is 1. The van der Waals surface area contributed by atoms with E-state index in [0.29, 0.717) is 23.6 Å².